The Hall–Kier alpha value is -2.11. The molecule has 1 aromatic carbocycles. The summed E-state index contributed by atoms with van der Waals surface area (Å²) < 4.78 is 0. The smallest absolute Gasteiger partial charge is 0.123 e. The summed E-state index contributed by atoms with van der Waals surface area (Å²) in [5, 5.41) is 0. The molecule has 0 amide bonds. The van der Waals surface area contributed by atoms with Gasteiger partial charge in [0.25, 0.3) is 0 Å². The molecule has 0 spiro atoms. The molecule has 0 bridgehead atoms. The van der Waals surface area contributed by atoms with Crippen molar-refractivity contribution in [2.75, 3.05) is 0 Å². The van der Waals surface area contributed by atoms with Crippen LogP contribution in [0, 0.1) is 27.7 Å². The number of carbonyl (C=O) groups excluding carboxylic acids is 1. The SMILES string of the molecule is CC(=C=O)CCc1cc(C)c(C)c(C)c1C.CCC1=C(C2=CC=C(C)CC2)CCCC1. The van der Waals surface area contributed by atoms with Crippen LogP contribution in [-0.4, -0.2) is 5.94 Å². The van der Waals surface area contributed by atoms with E-state index in [-0.39, 0.29) is 0 Å². The van der Waals surface area contributed by atoms with Gasteiger partial charge in [0.2, 0.25) is 0 Å². The van der Waals surface area contributed by atoms with Gasteiger partial charge in [-0.05, 0) is 138 Å². The number of hydrogen-bond acceptors (Lipinski definition) is 1. The third-order valence-corrected chi connectivity index (χ3v) is 7.29. The Balaban J connectivity index is 0.000000220. The number of benzene rings is 1. The molecule has 0 aliphatic heterocycles. The van der Waals surface area contributed by atoms with Crippen molar-refractivity contribution in [2.24, 2.45) is 0 Å². The number of aryl methyl sites for hydroxylation is 2. The number of rotatable bonds is 5. The Morgan fingerprint density at radius 3 is 2.23 bits per heavy atom. The lowest BCUT2D eigenvalue weighted by Crippen LogP contribution is -2.04. The van der Waals surface area contributed by atoms with Crippen LogP contribution in [0.4, 0.5) is 0 Å². The summed E-state index contributed by atoms with van der Waals surface area (Å²) in [7, 11) is 0. The molecule has 0 N–H and O–H groups in total. The van der Waals surface area contributed by atoms with Gasteiger partial charge >= 0.3 is 0 Å². The first kappa shape index (κ1) is 25.2. The quantitative estimate of drug-likeness (QED) is 0.438. The molecular formula is C30H42O. The number of allylic oxidation sites excluding steroid dienone is 7. The molecule has 2 aliphatic carbocycles. The molecule has 0 atom stereocenters. The van der Waals surface area contributed by atoms with Gasteiger partial charge in [-0.2, -0.15) is 0 Å². The fourth-order valence-corrected chi connectivity index (χ4v) is 4.67. The highest BCUT2D eigenvalue weighted by Crippen LogP contribution is 2.35. The Bertz CT molecular complexity index is 930. The maximum absolute atomic E-state index is 10.4. The summed E-state index contributed by atoms with van der Waals surface area (Å²) in [5.41, 5.74) is 14.2. The van der Waals surface area contributed by atoms with E-state index < -0.39 is 0 Å². The van der Waals surface area contributed by atoms with Crippen molar-refractivity contribution in [1.29, 1.82) is 0 Å². The van der Waals surface area contributed by atoms with Crippen LogP contribution in [0.5, 0.6) is 0 Å². The molecule has 3 rings (SSSR count). The standard InChI is InChI=1S/C15H20O.C15H22/c1-10(9-16)6-7-15-8-11(2)12(3)13(4)14(15)5;1-3-13-6-4-5-7-15(13)14-10-8-12(2)9-11-14/h8H,6-7H2,1-5H3;8,10H,3-7,9,11H2,1-2H3. The van der Waals surface area contributed by atoms with Crippen molar-refractivity contribution < 1.29 is 4.79 Å². The molecule has 0 fully saturated rings. The average molecular weight is 419 g/mol. The van der Waals surface area contributed by atoms with Crippen LogP contribution in [-0.2, 0) is 11.2 Å². The second kappa shape index (κ2) is 12.1. The molecule has 31 heavy (non-hydrogen) atoms. The molecular weight excluding hydrogens is 376 g/mol. The molecule has 2 aliphatic rings. The van der Waals surface area contributed by atoms with Crippen LogP contribution in [0.2, 0.25) is 0 Å². The third-order valence-electron chi connectivity index (χ3n) is 7.29. The van der Waals surface area contributed by atoms with E-state index in [9.17, 15) is 4.79 Å². The minimum atomic E-state index is 0.801. The normalized spacial score (nSPS) is 16.1. The van der Waals surface area contributed by atoms with Gasteiger partial charge in [-0.3, -0.25) is 0 Å². The van der Waals surface area contributed by atoms with E-state index in [0.717, 1.165) is 18.4 Å². The average Bonchev–Trinajstić information content (AvgIpc) is 2.79. The zero-order chi connectivity index (χ0) is 23.0. The summed E-state index contributed by atoms with van der Waals surface area (Å²) in [6.07, 6.45) is 15.7. The summed E-state index contributed by atoms with van der Waals surface area (Å²) >= 11 is 0. The van der Waals surface area contributed by atoms with Gasteiger partial charge in [0.05, 0.1) is 0 Å². The first-order valence-corrected chi connectivity index (χ1v) is 12.1. The highest BCUT2D eigenvalue weighted by molar-refractivity contribution is 5.51. The highest BCUT2D eigenvalue weighted by atomic mass is 16.1. The van der Waals surface area contributed by atoms with E-state index in [0.29, 0.717) is 0 Å². The largest absolute Gasteiger partial charge is 0.234 e. The van der Waals surface area contributed by atoms with E-state index in [1.165, 1.54) is 78.3 Å². The van der Waals surface area contributed by atoms with Crippen molar-refractivity contribution in [3.05, 3.63) is 73.9 Å². The minimum absolute atomic E-state index is 0.801. The van der Waals surface area contributed by atoms with Crippen LogP contribution in [0.15, 0.2) is 46.1 Å². The second-order valence-corrected chi connectivity index (χ2v) is 9.46. The molecule has 0 saturated heterocycles. The zero-order valence-corrected chi connectivity index (χ0v) is 21.0. The van der Waals surface area contributed by atoms with E-state index in [1.54, 1.807) is 16.7 Å². The van der Waals surface area contributed by atoms with E-state index in [1.807, 2.05) is 12.9 Å². The Morgan fingerprint density at radius 2 is 1.61 bits per heavy atom. The second-order valence-electron chi connectivity index (χ2n) is 9.46. The molecule has 0 radical (unpaired) electrons. The lowest BCUT2D eigenvalue weighted by Gasteiger charge is -2.23. The maximum Gasteiger partial charge on any atom is 0.123 e. The molecule has 168 valence electrons. The molecule has 0 aromatic heterocycles. The molecule has 0 saturated carbocycles. The van der Waals surface area contributed by atoms with Crippen molar-refractivity contribution in [3.8, 4) is 0 Å². The van der Waals surface area contributed by atoms with Crippen LogP contribution in [0.3, 0.4) is 0 Å². The van der Waals surface area contributed by atoms with Gasteiger partial charge < -0.3 is 0 Å². The summed E-state index contributed by atoms with van der Waals surface area (Å²) in [4.78, 5) is 10.4. The van der Waals surface area contributed by atoms with E-state index >= 15 is 0 Å². The summed E-state index contributed by atoms with van der Waals surface area (Å²) in [6, 6.07) is 2.25. The molecule has 1 heteroatoms. The molecule has 0 heterocycles. The van der Waals surface area contributed by atoms with Crippen molar-refractivity contribution >= 4 is 5.94 Å². The van der Waals surface area contributed by atoms with E-state index in [2.05, 4.69) is 59.8 Å². The topological polar surface area (TPSA) is 17.1 Å². The minimum Gasteiger partial charge on any atom is -0.234 e. The highest BCUT2D eigenvalue weighted by Gasteiger charge is 2.16. The monoisotopic (exact) mass is 418 g/mol. The predicted molar refractivity (Wildman–Crippen MR) is 135 cm³/mol. The third kappa shape index (κ3) is 6.94. The van der Waals surface area contributed by atoms with Gasteiger partial charge in [-0.1, -0.05) is 36.3 Å². The van der Waals surface area contributed by atoms with Gasteiger partial charge in [-0.25, -0.2) is 4.79 Å². The van der Waals surface area contributed by atoms with E-state index in [4.69, 9.17) is 0 Å². The van der Waals surface area contributed by atoms with Crippen LogP contribution >= 0.6 is 0 Å². The van der Waals surface area contributed by atoms with Gasteiger partial charge in [-0.15, -0.1) is 0 Å². The molecule has 1 nitrogen and oxygen atoms in total. The fraction of sp³-hybridized carbons (Fsp3) is 0.533. The van der Waals surface area contributed by atoms with Gasteiger partial charge in [0, 0.05) is 5.57 Å². The lowest BCUT2D eigenvalue weighted by molar-refractivity contribution is 0.566. The molecule has 0 unspecified atom stereocenters. The van der Waals surface area contributed by atoms with Gasteiger partial charge in [0.1, 0.15) is 5.94 Å². The van der Waals surface area contributed by atoms with Crippen LogP contribution in [0.1, 0.15) is 100.0 Å². The maximum atomic E-state index is 10.4. The predicted octanol–water partition coefficient (Wildman–Crippen LogP) is 8.56. The Kier molecular flexibility index (Phi) is 9.79. The van der Waals surface area contributed by atoms with Crippen molar-refractivity contribution in [3.63, 3.8) is 0 Å². The first-order chi connectivity index (χ1) is 14.8. The Morgan fingerprint density at radius 1 is 0.903 bits per heavy atom. The van der Waals surface area contributed by atoms with Crippen molar-refractivity contribution in [1.82, 2.24) is 0 Å². The van der Waals surface area contributed by atoms with Crippen molar-refractivity contribution in [2.45, 2.75) is 106 Å². The Labute approximate surface area is 191 Å². The van der Waals surface area contributed by atoms with Gasteiger partial charge in [0.15, 0.2) is 0 Å². The van der Waals surface area contributed by atoms with Crippen LogP contribution < -0.4 is 0 Å². The number of hydrogen-bond donors (Lipinski definition) is 0. The summed E-state index contributed by atoms with van der Waals surface area (Å²) in [6.45, 7) is 15.0. The van der Waals surface area contributed by atoms with Crippen LogP contribution in [0.25, 0.3) is 0 Å². The molecule has 1 aromatic rings. The lowest BCUT2D eigenvalue weighted by atomic mass is 9.82. The summed E-state index contributed by atoms with van der Waals surface area (Å²) in [5.74, 6) is 1.96. The first-order valence-electron chi connectivity index (χ1n) is 12.1. The fourth-order valence-electron chi connectivity index (χ4n) is 4.67. The zero-order valence-electron chi connectivity index (χ0n) is 21.0.